The van der Waals surface area contributed by atoms with E-state index >= 15 is 0 Å². The van der Waals surface area contributed by atoms with Crippen molar-refractivity contribution in [2.24, 2.45) is 0 Å². The highest BCUT2D eigenvalue weighted by Crippen LogP contribution is 2.40. The molecular formula is C19H23N3OS. The summed E-state index contributed by atoms with van der Waals surface area (Å²) in [5, 5.41) is 3.29. The Morgan fingerprint density at radius 1 is 1.29 bits per heavy atom. The molecule has 24 heavy (non-hydrogen) atoms. The number of likely N-dealkylation sites (tertiary alicyclic amines) is 2. The number of thiazole rings is 1. The van der Waals surface area contributed by atoms with Crippen molar-refractivity contribution in [3.63, 3.8) is 0 Å². The summed E-state index contributed by atoms with van der Waals surface area (Å²) in [6, 6.07) is 7.92. The maximum atomic E-state index is 12.8. The average Bonchev–Trinajstić information content (AvgIpc) is 3.19. The normalized spacial score (nSPS) is 23.7. The summed E-state index contributed by atoms with van der Waals surface area (Å²) < 4.78 is 0. The zero-order valence-electron chi connectivity index (χ0n) is 14.3. The second-order valence-electron chi connectivity index (χ2n) is 7.10. The van der Waals surface area contributed by atoms with Crippen molar-refractivity contribution in [3.8, 4) is 0 Å². The Labute approximate surface area is 147 Å². The second kappa shape index (κ2) is 5.97. The average molecular weight is 341 g/mol. The van der Waals surface area contributed by atoms with E-state index in [4.69, 9.17) is 0 Å². The fourth-order valence-corrected chi connectivity index (χ4v) is 4.57. The number of carbonyl (C=O) groups excluding carboxylic acids is 1. The zero-order valence-corrected chi connectivity index (χ0v) is 15.1. The van der Waals surface area contributed by atoms with Gasteiger partial charge in [0.1, 0.15) is 0 Å². The molecule has 0 N–H and O–H groups in total. The van der Waals surface area contributed by atoms with Crippen LogP contribution in [-0.2, 0) is 6.54 Å². The third-order valence-corrected chi connectivity index (χ3v) is 6.24. The van der Waals surface area contributed by atoms with Gasteiger partial charge in [-0.15, -0.1) is 11.3 Å². The smallest absolute Gasteiger partial charge is 0.253 e. The van der Waals surface area contributed by atoms with E-state index in [9.17, 15) is 4.79 Å². The summed E-state index contributed by atoms with van der Waals surface area (Å²) in [6.07, 6.45) is 2.27. The number of carbonyl (C=O) groups is 1. The Morgan fingerprint density at radius 2 is 2.12 bits per heavy atom. The minimum atomic E-state index is 0.173. The summed E-state index contributed by atoms with van der Waals surface area (Å²) in [5.41, 5.74) is 3.30. The molecule has 2 fully saturated rings. The molecule has 0 saturated carbocycles. The molecule has 2 aliphatic heterocycles. The van der Waals surface area contributed by atoms with E-state index in [0.29, 0.717) is 0 Å². The number of aryl methyl sites for hydroxylation is 2. The second-order valence-corrected chi connectivity index (χ2v) is 8.16. The fraction of sp³-hybridized carbons (Fsp3) is 0.474. The lowest BCUT2D eigenvalue weighted by Gasteiger charge is -2.50. The first-order chi connectivity index (χ1) is 11.6. The van der Waals surface area contributed by atoms with Gasteiger partial charge in [-0.2, -0.15) is 0 Å². The summed E-state index contributed by atoms with van der Waals surface area (Å²) in [4.78, 5) is 21.9. The van der Waals surface area contributed by atoms with Crippen molar-refractivity contribution in [2.75, 3.05) is 19.6 Å². The molecule has 1 amide bonds. The number of amides is 1. The lowest BCUT2D eigenvalue weighted by molar-refractivity contribution is -0.0139. The van der Waals surface area contributed by atoms with Crippen LogP contribution in [-0.4, -0.2) is 45.9 Å². The third-order valence-electron chi connectivity index (χ3n) is 5.42. The van der Waals surface area contributed by atoms with Crippen molar-refractivity contribution in [3.05, 3.63) is 51.5 Å². The fourth-order valence-electron chi connectivity index (χ4n) is 3.96. The van der Waals surface area contributed by atoms with Crippen molar-refractivity contribution in [1.82, 2.24) is 14.8 Å². The quantitative estimate of drug-likeness (QED) is 0.860. The summed E-state index contributed by atoms with van der Waals surface area (Å²) in [7, 11) is 0. The highest BCUT2D eigenvalue weighted by molar-refractivity contribution is 7.09. The molecule has 1 aromatic carbocycles. The van der Waals surface area contributed by atoms with Crippen LogP contribution in [0, 0.1) is 13.8 Å². The highest BCUT2D eigenvalue weighted by Gasteiger charge is 2.50. The largest absolute Gasteiger partial charge is 0.337 e. The van der Waals surface area contributed by atoms with Crippen LogP contribution in [0.25, 0.3) is 0 Å². The first-order valence-corrected chi connectivity index (χ1v) is 9.46. The van der Waals surface area contributed by atoms with Crippen LogP contribution in [0.5, 0.6) is 0 Å². The van der Waals surface area contributed by atoms with E-state index in [0.717, 1.165) is 48.7 Å². The van der Waals surface area contributed by atoms with Crippen LogP contribution >= 0.6 is 11.3 Å². The zero-order chi connectivity index (χ0) is 16.7. The Morgan fingerprint density at radius 3 is 2.79 bits per heavy atom. The molecule has 0 unspecified atom stereocenters. The van der Waals surface area contributed by atoms with Crippen molar-refractivity contribution < 1.29 is 4.79 Å². The number of benzene rings is 1. The van der Waals surface area contributed by atoms with Crippen molar-refractivity contribution in [1.29, 1.82) is 0 Å². The predicted molar refractivity (Wildman–Crippen MR) is 96.3 cm³/mol. The van der Waals surface area contributed by atoms with Crippen LogP contribution in [0.1, 0.15) is 39.5 Å². The molecule has 5 heteroatoms. The van der Waals surface area contributed by atoms with E-state index in [1.54, 1.807) is 11.3 Å². The number of hydrogen-bond acceptors (Lipinski definition) is 4. The van der Waals surface area contributed by atoms with E-state index in [2.05, 4.69) is 22.2 Å². The standard InChI is InChI=1S/C19H23N3OS/c1-14-4-3-5-16(10-14)18(23)21-8-6-19(13-21)7-9-22(19)11-17-12-24-15(2)20-17/h3-5,10,12H,6-9,11,13H2,1-2H3/t19-/m1/s1. The Kier molecular flexibility index (Phi) is 3.93. The molecule has 3 heterocycles. The van der Waals surface area contributed by atoms with E-state index in [1.165, 1.54) is 12.1 Å². The summed E-state index contributed by atoms with van der Waals surface area (Å²) in [6.45, 7) is 7.83. The maximum absolute atomic E-state index is 12.8. The number of nitrogens with zero attached hydrogens (tertiary/aromatic N) is 3. The van der Waals surface area contributed by atoms with Crippen LogP contribution in [0.2, 0.25) is 0 Å². The van der Waals surface area contributed by atoms with Gasteiger partial charge in [0, 0.05) is 42.7 Å². The predicted octanol–water partition coefficient (Wildman–Crippen LogP) is 3.25. The molecule has 4 rings (SSSR count). The lowest BCUT2D eigenvalue weighted by Crippen LogP contribution is -2.60. The molecular weight excluding hydrogens is 318 g/mol. The van der Waals surface area contributed by atoms with Gasteiger partial charge in [0.05, 0.1) is 10.7 Å². The first-order valence-electron chi connectivity index (χ1n) is 8.58. The molecule has 2 aromatic rings. The van der Waals surface area contributed by atoms with E-state index in [-0.39, 0.29) is 11.4 Å². The molecule has 1 atom stereocenters. The SMILES string of the molecule is Cc1cccc(C(=O)N2CC[C@@]3(CCN3Cc3csc(C)n3)C2)c1. The molecule has 0 radical (unpaired) electrons. The Hall–Kier alpha value is -1.72. The van der Waals surface area contributed by atoms with E-state index in [1.807, 2.05) is 36.1 Å². The minimum absolute atomic E-state index is 0.173. The summed E-state index contributed by atoms with van der Waals surface area (Å²) >= 11 is 1.71. The minimum Gasteiger partial charge on any atom is -0.337 e. The first kappa shape index (κ1) is 15.8. The van der Waals surface area contributed by atoms with Gasteiger partial charge in [-0.3, -0.25) is 9.69 Å². The molecule has 0 aliphatic carbocycles. The molecule has 1 aromatic heterocycles. The Balaban J connectivity index is 1.44. The number of rotatable bonds is 3. The van der Waals surface area contributed by atoms with Gasteiger partial charge in [0.2, 0.25) is 0 Å². The van der Waals surface area contributed by atoms with Crippen LogP contribution in [0.4, 0.5) is 0 Å². The van der Waals surface area contributed by atoms with Gasteiger partial charge in [-0.05, 0) is 38.8 Å². The van der Waals surface area contributed by atoms with Gasteiger partial charge in [-0.1, -0.05) is 17.7 Å². The van der Waals surface area contributed by atoms with Gasteiger partial charge in [0.15, 0.2) is 0 Å². The van der Waals surface area contributed by atoms with Crippen LogP contribution in [0.15, 0.2) is 29.6 Å². The third kappa shape index (κ3) is 2.76. The van der Waals surface area contributed by atoms with Gasteiger partial charge in [-0.25, -0.2) is 4.98 Å². The van der Waals surface area contributed by atoms with Gasteiger partial charge < -0.3 is 4.90 Å². The molecule has 1 spiro atoms. The monoisotopic (exact) mass is 341 g/mol. The number of aromatic nitrogens is 1. The van der Waals surface area contributed by atoms with Gasteiger partial charge in [0.25, 0.3) is 5.91 Å². The van der Waals surface area contributed by atoms with Crippen molar-refractivity contribution >= 4 is 17.2 Å². The topological polar surface area (TPSA) is 36.4 Å². The van der Waals surface area contributed by atoms with Crippen LogP contribution < -0.4 is 0 Å². The molecule has 126 valence electrons. The van der Waals surface area contributed by atoms with E-state index < -0.39 is 0 Å². The molecule has 0 bridgehead atoms. The lowest BCUT2D eigenvalue weighted by atomic mass is 9.83. The maximum Gasteiger partial charge on any atom is 0.253 e. The molecule has 4 nitrogen and oxygen atoms in total. The highest BCUT2D eigenvalue weighted by atomic mass is 32.1. The van der Waals surface area contributed by atoms with Gasteiger partial charge >= 0.3 is 0 Å². The van der Waals surface area contributed by atoms with Crippen LogP contribution in [0.3, 0.4) is 0 Å². The summed E-state index contributed by atoms with van der Waals surface area (Å²) in [5.74, 6) is 0.173. The Bertz CT molecular complexity index is 771. The van der Waals surface area contributed by atoms with Crippen molar-refractivity contribution in [2.45, 2.75) is 38.8 Å². The number of hydrogen-bond donors (Lipinski definition) is 0. The molecule has 2 aliphatic rings. The molecule has 2 saturated heterocycles.